The molecule has 3 rings (SSSR count). The minimum atomic E-state index is -4.65. The minimum Gasteiger partial charge on any atom is -0.369 e. The van der Waals surface area contributed by atoms with Crippen LogP contribution in [0.5, 0.6) is 0 Å². The lowest BCUT2D eigenvalue weighted by atomic mass is 9.90. The lowest BCUT2D eigenvalue weighted by molar-refractivity contribution is -0.141. The second-order valence-corrected chi connectivity index (χ2v) is 7.04. The maximum Gasteiger partial charge on any atom is 0.433 e. The predicted molar refractivity (Wildman–Crippen MR) is 101 cm³/mol. The maximum absolute atomic E-state index is 13.3. The van der Waals surface area contributed by atoms with E-state index in [4.69, 9.17) is 17.3 Å². The average Bonchev–Trinajstić information content (AvgIpc) is 2.95. The first-order valence-corrected chi connectivity index (χ1v) is 9.06. The van der Waals surface area contributed by atoms with Crippen LogP contribution < -0.4 is 5.73 Å². The zero-order valence-electron chi connectivity index (χ0n) is 15.8. The molecule has 6 nitrogen and oxygen atoms in total. The molecule has 2 heterocycles. The van der Waals surface area contributed by atoms with Crippen LogP contribution in [0, 0.1) is 19.7 Å². The molecule has 0 fully saturated rings. The van der Waals surface area contributed by atoms with Gasteiger partial charge in [0.2, 0.25) is 5.91 Å². The summed E-state index contributed by atoms with van der Waals surface area (Å²) < 4.78 is 53.4. The van der Waals surface area contributed by atoms with Crippen molar-refractivity contribution in [1.29, 1.82) is 0 Å². The number of hydrogen-bond donors (Lipinski definition) is 1. The van der Waals surface area contributed by atoms with E-state index in [1.165, 1.54) is 12.1 Å². The van der Waals surface area contributed by atoms with Gasteiger partial charge in [0.05, 0.1) is 11.6 Å². The van der Waals surface area contributed by atoms with E-state index in [0.717, 1.165) is 23.0 Å². The van der Waals surface area contributed by atoms with E-state index in [1.807, 2.05) is 0 Å². The number of aromatic nitrogens is 4. The van der Waals surface area contributed by atoms with Crippen LogP contribution in [0.15, 0.2) is 30.5 Å². The molecule has 0 saturated heterocycles. The summed E-state index contributed by atoms with van der Waals surface area (Å²) in [7, 11) is 0. The van der Waals surface area contributed by atoms with Crippen LogP contribution in [-0.2, 0) is 17.4 Å². The topological polar surface area (TPSA) is 86.7 Å². The van der Waals surface area contributed by atoms with E-state index < -0.39 is 29.5 Å². The van der Waals surface area contributed by atoms with Gasteiger partial charge in [-0.05, 0) is 44.0 Å². The number of benzene rings is 1. The monoisotopic (exact) mass is 441 g/mol. The first kappa shape index (κ1) is 21.7. The Morgan fingerprint density at radius 1 is 1.27 bits per heavy atom. The van der Waals surface area contributed by atoms with Crippen molar-refractivity contribution in [2.45, 2.75) is 32.4 Å². The molecule has 0 spiro atoms. The third kappa shape index (κ3) is 4.28. The Balaban J connectivity index is 2.06. The van der Waals surface area contributed by atoms with Crippen molar-refractivity contribution in [2.75, 3.05) is 0 Å². The average molecular weight is 442 g/mol. The van der Waals surface area contributed by atoms with Gasteiger partial charge in [0.15, 0.2) is 0 Å². The number of carbonyl (C=O) groups is 1. The zero-order valence-corrected chi connectivity index (χ0v) is 16.6. The first-order chi connectivity index (χ1) is 14.0. The van der Waals surface area contributed by atoms with E-state index >= 15 is 0 Å². The standard InChI is InChI=1S/C19H16ClF4N5O/c1-9-16(13(17(25)30)7-11-3-4-12(21)8-14(11)20)10(2)29(28-9)18-26-6-5-15(27-18)19(22,23)24/h3-6,8,13H,7H2,1-2H3,(H2,25,30). The molecule has 30 heavy (non-hydrogen) atoms. The summed E-state index contributed by atoms with van der Waals surface area (Å²) in [5.74, 6) is -2.40. The number of primary amides is 1. The third-order valence-electron chi connectivity index (χ3n) is 4.60. The summed E-state index contributed by atoms with van der Waals surface area (Å²) in [5, 5.41) is 4.34. The minimum absolute atomic E-state index is 0.0608. The van der Waals surface area contributed by atoms with Crippen molar-refractivity contribution in [1.82, 2.24) is 19.7 Å². The fourth-order valence-electron chi connectivity index (χ4n) is 3.21. The van der Waals surface area contributed by atoms with Gasteiger partial charge >= 0.3 is 6.18 Å². The highest BCUT2D eigenvalue weighted by Crippen LogP contribution is 2.31. The van der Waals surface area contributed by atoms with Crippen molar-refractivity contribution in [3.63, 3.8) is 0 Å². The summed E-state index contributed by atoms with van der Waals surface area (Å²) in [4.78, 5) is 19.6. The van der Waals surface area contributed by atoms with Crippen molar-refractivity contribution < 1.29 is 22.4 Å². The molecule has 11 heteroatoms. The van der Waals surface area contributed by atoms with E-state index in [1.54, 1.807) is 13.8 Å². The molecule has 3 aromatic rings. The van der Waals surface area contributed by atoms with Gasteiger partial charge in [0, 0.05) is 22.5 Å². The van der Waals surface area contributed by atoms with Gasteiger partial charge in [-0.3, -0.25) is 4.79 Å². The van der Waals surface area contributed by atoms with E-state index in [-0.39, 0.29) is 17.4 Å². The second-order valence-electron chi connectivity index (χ2n) is 6.63. The number of nitrogens with zero attached hydrogens (tertiary/aromatic N) is 4. The van der Waals surface area contributed by atoms with Crippen molar-refractivity contribution >= 4 is 17.5 Å². The Morgan fingerprint density at radius 3 is 2.57 bits per heavy atom. The Kier molecular flexibility index (Phi) is 5.80. The molecule has 0 aliphatic heterocycles. The summed E-state index contributed by atoms with van der Waals surface area (Å²) in [6, 6.07) is 4.52. The maximum atomic E-state index is 13.3. The van der Waals surface area contributed by atoms with Crippen molar-refractivity contribution in [3.05, 3.63) is 69.5 Å². The molecule has 0 saturated carbocycles. The van der Waals surface area contributed by atoms with Crippen LogP contribution in [0.2, 0.25) is 5.02 Å². The Morgan fingerprint density at radius 2 is 1.97 bits per heavy atom. The Hall–Kier alpha value is -3.01. The van der Waals surface area contributed by atoms with Crippen LogP contribution in [0.25, 0.3) is 5.95 Å². The van der Waals surface area contributed by atoms with Gasteiger partial charge in [0.25, 0.3) is 5.95 Å². The number of carbonyl (C=O) groups excluding carboxylic acids is 1. The lowest BCUT2D eigenvalue weighted by Gasteiger charge is -2.16. The fraction of sp³-hybridized carbons (Fsp3) is 0.263. The van der Waals surface area contributed by atoms with Gasteiger partial charge in [0.1, 0.15) is 11.5 Å². The quantitative estimate of drug-likeness (QED) is 0.608. The molecule has 0 radical (unpaired) electrons. The van der Waals surface area contributed by atoms with Crippen LogP contribution in [0.3, 0.4) is 0 Å². The molecule has 158 valence electrons. The normalized spacial score (nSPS) is 12.8. The molecular formula is C19H16ClF4N5O. The second kappa shape index (κ2) is 8.02. The molecule has 2 aromatic heterocycles. The summed E-state index contributed by atoms with van der Waals surface area (Å²) >= 11 is 6.07. The van der Waals surface area contributed by atoms with Crippen LogP contribution in [0.1, 0.15) is 34.1 Å². The summed E-state index contributed by atoms with van der Waals surface area (Å²) in [6.07, 6.45) is -3.61. The Bertz CT molecular complexity index is 1110. The molecule has 2 N–H and O–H groups in total. The Labute approximate surface area is 173 Å². The number of amides is 1. The molecule has 0 aliphatic rings. The number of hydrogen-bond acceptors (Lipinski definition) is 4. The summed E-state index contributed by atoms with van der Waals surface area (Å²) in [6.45, 7) is 3.16. The number of alkyl halides is 3. The van der Waals surface area contributed by atoms with E-state index in [9.17, 15) is 22.4 Å². The smallest absolute Gasteiger partial charge is 0.369 e. The highest BCUT2D eigenvalue weighted by Gasteiger charge is 2.33. The van der Waals surface area contributed by atoms with Gasteiger partial charge in [-0.1, -0.05) is 17.7 Å². The highest BCUT2D eigenvalue weighted by molar-refractivity contribution is 6.31. The number of nitrogens with two attached hydrogens (primary N) is 1. The summed E-state index contributed by atoms with van der Waals surface area (Å²) in [5.41, 5.74) is 6.11. The van der Waals surface area contributed by atoms with E-state index in [2.05, 4.69) is 15.1 Å². The molecule has 0 aliphatic carbocycles. The molecule has 1 aromatic carbocycles. The molecular weight excluding hydrogens is 426 g/mol. The van der Waals surface area contributed by atoms with Crippen molar-refractivity contribution in [2.24, 2.45) is 5.73 Å². The zero-order chi connectivity index (χ0) is 22.2. The van der Waals surface area contributed by atoms with Gasteiger partial charge in [-0.2, -0.15) is 18.3 Å². The van der Waals surface area contributed by atoms with Gasteiger partial charge in [-0.15, -0.1) is 0 Å². The van der Waals surface area contributed by atoms with Crippen LogP contribution in [-0.4, -0.2) is 25.7 Å². The van der Waals surface area contributed by atoms with Crippen molar-refractivity contribution in [3.8, 4) is 5.95 Å². The molecule has 1 unspecified atom stereocenters. The number of rotatable bonds is 5. The predicted octanol–water partition coefficient (Wildman–Crippen LogP) is 3.90. The van der Waals surface area contributed by atoms with Gasteiger partial charge in [-0.25, -0.2) is 19.0 Å². The SMILES string of the molecule is Cc1nn(-c2nccc(C(F)(F)F)n2)c(C)c1C(Cc1ccc(F)cc1Cl)C(N)=O. The van der Waals surface area contributed by atoms with Gasteiger partial charge < -0.3 is 5.73 Å². The first-order valence-electron chi connectivity index (χ1n) is 8.69. The van der Waals surface area contributed by atoms with E-state index in [0.29, 0.717) is 22.5 Å². The highest BCUT2D eigenvalue weighted by atomic mass is 35.5. The molecule has 1 amide bonds. The van der Waals surface area contributed by atoms with Crippen LogP contribution in [0.4, 0.5) is 17.6 Å². The molecule has 0 bridgehead atoms. The van der Waals surface area contributed by atoms with Crippen LogP contribution >= 0.6 is 11.6 Å². The lowest BCUT2D eigenvalue weighted by Crippen LogP contribution is -2.24. The number of aryl methyl sites for hydroxylation is 1. The molecule has 1 atom stereocenters. The third-order valence-corrected chi connectivity index (χ3v) is 4.95. The number of halogens is 5. The fourth-order valence-corrected chi connectivity index (χ4v) is 3.46. The largest absolute Gasteiger partial charge is 0.433 e.